The van der Waals surface area contributed by atoms with Crippen LogP contribution < -0.4 is 0 Å². The summed E-state index contributed by atoms with van der Waals surface area (Å²) in [7, 11) is 1.27. The van der Waals surface area contributed by atoms with Crippen LogP contribution in [0.25, 0.3) is 0 Å². The molecule has 3 saturated carbocycles. The van der Waals surface area contributed by atoms with Gasteiger partial charge in [0.15, 0.2) is 5.78 Å². The van der Waals surface area contributed by atoms with Crippen LogP contribution in [0.4, 0.5) is 0 Å². The molecule has 2 bridgehead atoms. The SMILES string of the molecule is C=C(C(=O)OCC)C1C[C@@H]2CC[C@@]1(C(=O)OC)C(=O)C2. The topological polar surface area (TPSA) is 69.7 Å². The average molecular weight is 280 g/mol. The predicted molar refractivity (Wildman–Crippen MR) is 70.7 cm³/mol. The lowest BCUT2D eigenvalue weighted by atomic mass is 9.52. The van der Waals surface area contributed by atoms with Crippen molar-refractivity contribution < 1.29 is 23.9 Å². The molecule has 0 radical (unpaired) electrons. The molecule has 0 N–H and O–H groups in total. The van der Waals surface area contributed by atoms with Gasteiger partial charge in [-0.15, -0.1) is 0 Å². The Morgan fingerprint density at radius 1 is 1.45 bits per heavy atom. The highest BCUT2D eigenvalue weighted by Crippen LogP contribution is 2.54. The van der Waals surface area contributed by atoms with Crippen LogP contribution in [0.5, 0.6) is 0 Å². The van der Waals surface area contributed by atoms with Crippen molar-refractivity contribution in [2.24, 2.45) is 17.3 Å². The third kappa shape index (κ3) is 2.05. The lowest BCUT2D eigenvalue weighted by Gasteiger charge is -2.48. The number of hydrogen-bond donors (Lipinski definition) is 0. The van der Waals surface area contributed by atoms with E-state index in [4.69, 9.17) is 9.47 Å². The average Bonchev–Trinajstić information content (AvgIpc) is 2.46. The van der Waals surface area contributed by atoms with Crippen LogP contribution in [0, 0.1) is 17.3 Å². The van der Waals surface area contributed by atoms with E-state index < -0.39 is 23.3 Å². The van der Waals surface area contributed by atoms with E-state index in [0.717, 1.165) is 6.42 Å². The van der Waals surface area contributed by atoms with E-state index in [1.807, 2.05) is 0 Å². The summed E-state index contributed by atoms with van der Waals surface area (Å²) in [6.07, 6.45) is 2.26. The molecule has 0 amide bonds. The highest BCUT2D eigenvalue weighted by Gasteiger charge is 2.60. The molecule has 3 rings (SSSR count). The summed E-state index contributed by atoms with van der Waals surface area (Å²) >= 11 is 0. The molecule has 3 fully saturated rings. The molecule has 0 aromatic carbocycles. The molecule has 3 aliphatic rings. The highest BCUT2D eigenvalue weighted by molar-refractivity contribution is 6.07. The third-order valence-electron chi connectivity index (χ3n) is 4.59. The molecular formula is C15H20O5. The number of rotatable bonds is 4. The van der Waals surface area contributed by atoms with Crippen LogP contribution in [0.2, 0.25) is 0 Å². The quantitative estimate of drug-likeness (QED) is 0.445. The van der Waals surface area contributed by atoms with Crippen molar-refractivity contribution in [2.45, 2.75) is 32.6 Å². The second-order valence-electron chi connectivity index (χ2n) is 5.53. The standard InChI is InChI=1S/C15H20O5/c1-4-20-13(17)9(2)11-7-10-5-6-15(11,12(16)8-10)14(18)19-3/h10-11H,2,4-8H2,1,3H3/t10-,11?,15-/m0/s1. The molecule has 0 aliphatic heterocycles. The first-order chi connectivity index (χ1) is 9.47. The number of Topliss-reactive ketones (excluding diaryl/α,β-unsaturated/α-hetero) is 1. The summed E-state index contributed by atoms with van der Waals surface area (Å²) in [5.74, 6) is -1.46. The largest absolute Gasteiger partial charge is 0.468 e. The van der Waals surface area contributed by atoms with Crippen LogP contribution in [0.1, 0.15) is 32.6 Å². The number of esters is 2. The van der Waals surface area contributed by atoms with Crippen LogP contribution in [0.3, 0.4) is 0 Å². The Balaban J connectivity index is 2.35. The summed E-state index contributed by atoms with van der Waals surface area (Å²) in [5.41, 5.74) is -1.01. The summed E-state index contributed by atoms with van der Waals surface area (Å²) in [6.45, 7) is 5.73. The van der Waals surface area contributed by atoms with Gasteiger partial charge < -0.3 is 9.47 Å². The molecule has 3 aliphatic carbocycles. The summed E-state index contributed by atoms with van der Waals surface area (Å²) in [5, 5.41) is 0. The fourth-order valence-corrected chi connectivity index (χ4v) is 3.57. The van der Waals surface area contributed by atoms with E-state index in [1.54, 1.807) is 6.92 Å². The van der Waals surface area contributed by atoms with Crippen molar-refractivity contribution in [2.75, 3.05) is 13.7 Å². The lowest BCUT2D eigenvalue weighted by molar-refractivity contribution is -0.170. The van der Waals surface area contributed by atoms with Gasteiger partial charge in [-0.2, -0.15) is 0 Å². The number of fused-ring (bicyclic) bond motifs is 3. The first kappa shape index (κ1) is 14.8. The fraction of sp³-hybridized carbons (Fsp3) is 0.667. The zero-order chi connectivity index (χ0) is 14.9. The van der Waals surface area contributed by atoms with E-state index in [-0.39, 0.29) is 23.9 Å². The second kappa shape index (κ2) is 5.38. The highest BCUT2D eigenvalue weighted by atomic mass is 16.5. The van der Waals surface area contributed by atoms with Crippen molar-refractivity contribution in [3.8, 4) is 0 Å². The molecule has 110 valence electrons. The fourth-order valence-electron chi connectivity index (χ4n) is 3.57. The zero-order valence-corrected chi connectivity index (χ0v) is 11.9. The number of methoxy groups -OCH3 is 1. The first-order valence-corrected chi connectivity index (χ1v) is 6.95. The molecule has 0 aromatic heterocycles. The van der Waals surface area contributed by atoms with Crippen LogP contribution >= 0.6 is 0 Å². The van der Waals surface area contributed by atoms with Gasteiger partial charge in [-0.25, -0.2) is 4.79 Å². The Morgan fingerprint density at radius 3 is 2.70 bits per heavy atom. The minimum atomic E-state index is -1.23. The maximum absolute atomic E-state index is 12.4. The number of hydrogen-bond acceptors (Lipinski definition) is 5. The molecule has 5 nitrogen and oxygen atoms in total. The number of carbonyl (C=O) groups excluding carboxylic acids is 3. The summed E-state index contributed by atoms with van der Waals surface area (Å²) in [6, 6.07) is 0. The van der Waals surface area contributed by atoms with Crippen molar-refractivity contribution in [1.29, 1.82) is 0 Å². The van der Waals surface area contributed by atoms with Crippen molar-refractivity contribution in [3.63, 3.8) is 0 Å². The zero-order valence-electron chi connectivity index (χ0n) is 11.9. The Kier molecular flexibility index (Phi) is 3.97. The predicted octanol–water partition coefficient (Wildman–Crippen LogP) is 1.65. The van der Waals surface area contributed by atoms with Gasteiger partial charge in [0.2, 0.25) is 0 Å². The smallest absolute Gasteiger partial charge is 0.333 e. The molecular weight excluding hydrogens is 260 g/mol. The number of carbonyl (C=O) groups is 3. The van der Waals surface area contributed by atoms with E-state index >= 15 is 0 Å². The molecule has 5 heteroatoms. The van der Waals surface area contributed by atoms with Gasteiger partial charge in [0, 0.05) is 17.9 Å². The van der Waals surface area contributed by atoms with Gasteiger partial charge in [0.1, 0.15) is 5.41 Å². The van der Waals surface area contributed by atoms with Crippen LogP contribution in [-0.4, -0.2) is 31.4 Å². The van der Waals surface area contributed by atoms with E-state index in [9.17, 15) is 14.4 Å². The molecule has 0 aromatic rings. The Labute approximate surface area is 118 Å². The van der Waals surface area contributed by atoms with Gasteiger partial charge in [0.25, 0.3) is 0 Å². The Hall–Kier alpha value is -1.65. The van der Waals surface area contributed by atoms with Crippen molar-refractivity contribution in [3.05, 3.63) is 12.2 Å². The van der Waals surface area contributed by atoms with Crippen LogP contribution in [0.15, 0.2) is 12.2 Å². The minimum Gasteiger partial charge on any atom is -0.468 e. The molecule has 3 atom stereocenters. The molecule has 0 heterocycles. The normalized spacial score (nSPS) is 31.8. The third-order valence-corrected chi connectivity index (χ3v) is 4.59. The lowest BCUT2D eigenvalue weighted by Crippen LogP contribution is -2.55. The minimum absolute atomic E-state index is 0.123. The van der Waals surface area contributed by atoms with Gasteiger partial charge in [-0.1, -0.05) is 6.58 Å². The number of ether oxygens (including phenoxy) is 2. The molecule has 0 spiro atoms. The van der Waals surface area contributed by atoms with Gasteiger partial charge in [0.05, 0.1) is 13.7 Å². The monoisotopic (exact) mass is 280 g/mol. The van der Waals surface area contributed by atoms with Gasteiger partial charge in [-0.3, -0.25) is 9.59 Å². The van der Waals surface area contributed by atoms with E-state index in [0.29, 0.717) is 19.3 Å². The second-order valence-corrected chi connectivity index (χ2v) is 5.53. The van der Waals surface area contributed by atoms with Crippen molar-refractivity contribution in [1.82, 2.24) is 0 Å². The van der Waals surface area contributed by atoms with E-state index in [1.165, 1.54) is 7.11 Å². The van der Waals surface area contributed by atoms with Gasteiger partial charge >= 0.3 is 11.9 Å². The summed E-state index contributed by atoms with van der Waals surface area (Å²) < 4.78 is 9.80. The molecule has 0 saturated heterocycles. The van der Waals surface area contributed by atoms with E-state index in [2.05, 4.69) is 6.58 Å². The Bertz CT molecular complexity index is 457. The maximum atomic E-state index is 12.4. The first-order valence-electron chi connectivity index (χ1n) is 6.95. The number of ketones is 1. The van der Waals surface area contributed by atoms with Crippen LogP contribution in [-0.2, 0) is 23.9 Å². The maximum Gasteiger partial charge on any atom is 0.333 e. The van der Waals surface area contributed by atoms with Gasteiger partial charge in [-0.05, 0) is 32.1 Å². The van der Waals surface area contributed by atoms with Crippen molar-refractivity contribution >= 4 is 17.7 Å². The Morgan fingerprint density at radius 2 is 2.15 bits per heavy atom. The summed E-state index contributed by atoms with van der Waals surface area (Å²) in [4.78, 5) is 36.5. The molecule has 1 unspecified atom stereocenters. The molecule has 20 heavy (non-hydrogen) atoms.